The number of halogens is 3. The average molecular weight is 458 g/mol. The lowest BCUT2D eigenvalue weighted by atomic mass is 10.2. The molecule has 0 atom stereocenters. The molecule has 1 heterocycles. The second-order valence-corrected chi connectivity index (χ2v) is 7.90. The van der Waals surface area contributed by atoms with Crippen LogP contribution in [-0.2, 0) is 9.59 Å². The highest BCUT2D eigenvalue weighted by atomic mass is 35.5. The summed E-state index contributed by atoms with van der Waals surface area (Å²) in [5.41, 5.74) is 0.884. The molecule has 6 nitrogen and oxygen atoms in total. The lowest BCUT2D eigenvalue weighted by molar-refractivity contribution is -0.127. The molecule has 0 spiro atoms. The van der Waals surface area contributed by atoms with Gasteiger partial charge in [0.1, 0.15) is 6.54 Å². The van der Waals surface area contributed by atoms with Gasteiger partial charge in [-0.3, -0.25) is 19.3 Å². The van der Waals surface area contributed by atoms with Gasteiger partial charge in [0.15, 0.2) is 5.75 Å². The van der Waals surface area contributed by atoms with Crippen LogP contribution in [0.25, 0.3) is 6.08 Å². The molecule has 0 radical (unpaired) electrons. The highest BCUT2D eigenvalue weighted by Gasteiger charge is 2.36. The Balaban J connectivity index is 1.73. The molecule has 0 bridgehead atoms. The number of nitrogens with one attached hydrogen (secondary N) is 1. The number of aromatic hydroxyl groups is 1. The fourth-order valence-corrected chi connectivity index (χ4v) is 3.90. The van der Waals surface area contributed by atoms with Gasteiger partial charge in [-0.25, -0.2) is 0 Å². The predicted octanol–water partition coefficient (Wildman–Crippen LogP) is 5.03. The summed E-state index contributed by atoms with van der Waals surface area (Å²) in [6.45, 7) is -0.439. The molecule has 2 N–H and O–H groups in total. The first-order valence-electron chi connectivity index (χ1n) is 7.73. The summed E-state index contributed by atoms with van der Waals surface area (Å²) in [5.74, 6) is -1.43. The first-order valence-corrected chi connectivity index (χ1v) is 9.68. The number of hydrogen-bond acceptors (Lipinski definition) is 5. The number of phenols is 1. The summed E-state index contributed by atoms with van der Waals surface area (Å²) in [6, 6.07) is 9.31. The first kappa shape index (κ1) is 20.5. The third-order valence-electron chi connectivity index (χ3n) is 3.62. The molecule has 1 aliphatic rings. The lowest BCUT2D eigenvalue weighted by Crippen LogP contribution is -2.36. The van der Waals surface area contributed by atoms with Crippen LogP contribution < -0.4 is 5.32 Å². The molecular formula is C18H11Cl3N2O4S. The fraction of sp³-hybridized carbons (Fsp3) is 0.0556. The van der Waals surface area contributed by atoms with Crippen molar-refractivity contribution in [2.75, 3.05) is 11.9 Å². The van der Waals surface area contributed by atoms with Crippen molar-refractivity contribution in [2.45, 2.75) is 0 Å². The van der Waals surface area contributed by atoms with Crippen LogP contribution in [-0.4, -0.2) is 33.6 Å². The largest absolute Gasteiger partial charge is 0.505 e. The number of hydrogen-bond donors (Lipinski definition) is 2. The van der Waals surface area contributed by atoms with Gasteiger partial charge in [-0.1, -0.05) is 40.9 Å². The molecule has 0 saturated carbocycles. The van der Waals surface area contributed by atoms with Crippen LogP contribution in [0.4, 0.5) is 10.5 Å². The Morgan fingerprint density at radius 2 is 1.82 bits per heavy atom. The van der Waals surface area contributed by atoms with Crippen molar-refractivity contribution in [1.29, 1.82) is 0 Å². The van der Waals surface area contributed by atoms with E-state index in [9.17, 15) is 19.5 Å². The number of anilines is 1. The van der Waals surface area contributed by atoms with Gasteiger partial charge in [0, 0.05) is 10.7 Å². The summed E-state index contributed by atoms with van der Waals surface area (Å²) in [5, 5.41) is 12.1. The Labute approximate surface area is 179 Å². The van der Waals surface area contributed by atoms with Crippen molar-refractivity contribution in [3.05, 3.63) is 61.9 Å². The molecule has 0 aliphatic carbocycles. The summed E-state index contributed by atoms with van der Waals surface area (Å²) in [6.07, 6.45) is 1.41. The second-order valence-electron chi connectivity index (χ2n) is 5.66. The molecule has 28 heavy (non-hydrogen) atoms. The Kier molecular flexibility index (Phi) is 6.20. The lowest BCUT2D eigenvalue weighted by Gasteiger charge is -2.12. The monoisotopic (exact) mass is 456 g/mol. The molecule has 1 fully saturated rings. The molecule has 1 aliphatic heterocycles. The molecule has 10 heteroatoms. The van der Waals surface area contributed by atoms with Crippen molar-refractivity contribution in [1.82, 2.24) is 4.90 Å². The van der Waals surface area contributed by atoms with Gasteiger partial charge in [-0.2, -0.15) is 0 Å². The van der Waals surface area contributed by atoms with E-state index in [1.807, 2.05) is 0 Å². The van der Waals surface area contributed by atoms with Crippen LogP contribution >= 0.6 is 46.6 Å². The van der Waals surface area contributed by atoms with E-state index in [2.05, 4.69) is 5.32 Å². The minimum atomic E-state index is -0.614. The zero-order valence-electron chi connectivity index (χ0n) is 13.9. The van der Waals surface area contributed by atoms with Crippen molar-refractivity contribution in [3.8, 4) is 5.75 Å². The van der Waals surface area contributed by atoms with Crippen LogP contribution in [0.5, 0.6) is 5.75 Å². The van der Waals surface area contributed by atoms with E-state index in [0.29, 0.717) is 28.0 Å². The number of carbonyl (C=O) groups excluding carboxylic acids is 3. The van der Waals surface area contributed by atoms with Gasteiger partial charge >= 0.3 is 0 Å². The van der Waals surface area contributed by atoms with E-state index in [1.54, 1.807) is 24.3 Å². The van der Waals surface area contributed by atoms with Gasteiger partial charge in [0.2, 0.25) is 5.91 Å². The number of thioether (sulfide) groups is 1. The van der Waals surface area contributed by atoms with E-state index in [0.717, 1.165) is 4.90 Å². The molecule has 1 saturated heterocycles. The zero-order valence-corrected chi connectivity index (χ0v) is 17.0. The number of carbonyl (C=O) groups is 3. The topological polar surface area (TPSA) is 86.7 Å². The molecule has 144 valence electrons. The Bertz CT molecular complexity index is 1000. The highest BCUT2D eigenvalue weighted by Crippen LogP contribution is 2.36. The highest BCUT2D eigenvalue weighted by molar-refractivity contribution is 8.18. The van der Waals surface area contributed by atoms with Crippen molar-refractivity contribution < 1.29 is 19.5 Å². The van der Waals surface area contributed by atoms with Crippen LogP contribution in [0.1, 0.15) is 5.56 Å². The van der Waals surface area contributed by atoms with Crippen molar-refractivity contribution in [3.63, 3.8) is 0 Å². The third kappa shape index (κ3) is 4.62. The van der Waals surface area contributed by atoms with Crippen molar-refractivity contribution in [2.24, 2.45) is 0 Å². The van der Waals surface area contributed by atoms with Crippen LogP contribution in [0.2, 0.25) is 15.1 Å². The molecule has 3 rings (SSSR count). The number of amides is 3. The molecule has 2 aromatic carbocycles. The van der Waals surface area contributed by atoms with Crippen LogP contribution in [0.15, 0.2) is 41.3 Å². The Morgan fingerprint density at radius 3 is 2.46 bits per heavy atom. The summed E-state index contributed by atoms with van der Waals surface area (Å²) >= 11 is 18.3. The smallest absolute Gasteiger partial charge is 0.294 e. The van der Waals surface area contributed by atoms with E-state index < -0.39 is 23.6 Å². The van der Waals surface area contributed by atoms with Gasteiger partial charge in [0.05, 0.1) is 15.0 Å². The summed E-state index contributed by atoms with van der Waals surface area (Å²) < 4.78 is 0. The maximum Gasteiger partial charge on any atom is 0.294 e. The maximum absolute atomic E-state index is 12.5. The SMILES string of the molecule is O=C(CN1C(=O)S/C(=C\c2cc(Cl)c(O)c(Cl)c2)C1=O)Nc1cccc(Cl)c1. The van der Waals surface area contributed by atoms with E-state index in [1.165, 1.54) is 18.2 Å². The average Bonchev–Trinajstić information content (AvgIpc) is 2.87. The third-order valence-corrected chi connectivity index (χ3v) is 5.34. The normalized spacial score (nSPS) is 15.4. The number of imide groups is 1. The Morgan fingerprint density at radius 1 is 1.14 bits per heavy atom. The van der Waals surface area contributed by atoms with Crippen LogP contribution in [0.3, 0.4) is 0 Å². The fourth-order valence-electron chi connectivity index (χ4n) is 2.37. The van der Waals surface area contributed by atoms with Gasteiger partial charge in [-0.15, -0.1) is 0 Å². The number of nitrogens with zero attached hydrogens (tertiary/aromatic N) is 1. The Hall–Kier alpha value is -2.19. The van der Waals surface area contributed by atoms with Gasteiger partial charge in [0.25, 0.3) is 11.1 Å². The van der Waals surface area contributed by atoms with Crippen molar-refractivity contribution >= 4 is 75.4 Å². The molecule has 0 aromatic heterocycles. The molecular weight excluding hydrogens is 447 g/mol. The second kappa shape index (κ2) is 8.45. The van der Waals surface area contributed by atoms with E-state index >= 15 is 0 Å². The van der Waals surface area contributed by atoms with Crippen LogP contribution in [0, 0.1) is 0 Å². The van der Waals surface area contributed by atoms with Gasteiger partial charge in [-0.05, 0) is 53.7 Å². The predicted molar refractivity (Wildman–Crippen MR) is 111 cm³/mol. The first-order chi connectivity index (χ1) is 13.2. The minimum absolute atomic E-state index is 0.0129. The van der Waals surface area contributed by atoms with E-state index in [4.69, 9.17) is 34.8 Å². The zero-order chi connectivity index (χ0) is 20.4. The standard InChI is InChI=1S/C18H11Cl3N2O4S/c19-10-2-1-3-11(7-10)22-15(24)8-23-17(26)14(28-18(23)27)6-9-4-12(20)16(25)13(21)5-9/h1-7,25H,8H2,(H,22,24)/b14-6-. The number of rotatable bonds is 4. The summed E-state index contributed by atoms with van der Waals surface area (Å²) in [7, 11) is 0. The molecule has 2 aromatic rings. The molecule has 3 amide bonds. The number of benzene rings is 2. The maximum atomic E-state index is 12.5. The van der Waals surface area contributed by atoms with E-state index in [-0.39, 0.29) is 20.7 Å². The minimum Gasteiger partial charge on any atom is -0.505 e. The summed E-state index contributed by atoms with van der Waals surface area (Å²) in [4.78, 5) is 37.8. The quantitative estimate of drug-likeness (QED) is 0.629. The number of phenolic OH excluding ortho intramolecular Hbond substituents is 1. The van der Waals surface area contributed by atoms with Gasteiger partial charge < -0.3 is 10.4 Å². The molecule has 0 unspecified atom stereocenters.